The minimum Gasteiger partial charge on any atom is -0.478 e. The molecule has 0 amide bonds. The number of nitrogens with one attached hydrogen (secondary N) is 1. The molecule has 6 nitrogen and oxygen atoms in total. The highest BCUT2D eigenvalue weighted by molar-refractivity contribution is 7.99. The Morgan fingerprint density at radius 1 is 1.42 bits per heavy atom. The smallest absolute Gasteiger partial charge is 0.339 e. The maximum Gasteiger partial charge on any atom is 0.339 e. The molecule has 0 aliphatic heterocycles. The number of aromatic amines is 1. The molecule has 0 bridgehead atoms. The SMILES string of the molecule is Nc1c(F)ccc(Sc2nccc(=O)[nH]2)c1C(=O)O. The fourth-order valence-electron chi connectivity index (χ4n) is 1.39. The lowest BCUT2D eigenvalue weighted by Crippen LogP contribution is -2.08. The van der Waals surface area contributed by atoms with Gasteiger partial charge in [-0.15, -0.1) is 0 Å². The lowest BCUT2D eigenvalue weighted by Gasteiger charge is -2.08. The molecular formula is C11H8FN3O3S. The molecule has 0 aliphatic carbocycles. The molecule has 0 saturated carbocycles. The van der Waals surface area contributed by atoms with E-state index < -0.39 is 17.5 Å². The van der Waals surface area contributed by atoms with Gasteiger partial charge in [0.15, 0.2) is 5.16 Å². The molecule has 1 heterocycles. The van der Waals surface area contributed by atoms with Crippen LogP contribution in [0, 0.1) is 5.82 Å². The highest BCUT2D eigenvalue weighted by Gasteiger charge is 2.18. The van der Waals surface area contributed by atoms with Gasteiger partial charge in [-0.3, -0.25) is 4.79 Å². The van der Waals surface area contributed by atoms with E-state index in [0.29, 0.717) is 0 Å². The van der Waals surface area contributed by atoms with Gasteiger partial charge in [-0.1, -0.05) is 11.8 Å². The van der Waals surface area contributed by atoms with Gasteiger partial charge in [0.1, 0.15) is 5.82 Å². The van der Waals surface area contributed by atoms with Crippen LogP contribution in [0.1, 0.15) is 10.4 Å². The second-order valence-corrected chi connectivity index (χ2v) is 4.51. The van der Waals surface area contributed by atoms with E-state index in [4.69, 9.17) is 10.8 Å². The first-order valence-corrected chi connectivity index (χ1v) is 5.85. The molecule has 98 valence electrons. The van der Waals surface area contributed by atoms with Gasteiger partial charge >= 0.3 is 5.97 Å². The van der Waals surface area contributed by atoms with Crippen LogP contribution in [-0.4, -0.2) is 21.0 Å². The molecular weight excluding hydrogens is 273 g/mol. The van der Waals surface area contributed by atoms with Crippen LogP contribution in [0.2, 0.25) is 0 Å². The van der Waals surface area contributed by atoms with Gasteiger partial charge in [0.05, 0.1) is 11.3 Å². The number of anilines is 1. The zero-order valence-corrected chi connectivity index (χ0v) is 10.2. The molecule has 0 fully saturated rings. The number of nitrogen functional groups attached to an aromatic ring is 1. The number of nitrogens with zero attached hydrogens (tertiary/aromatic N) is 1. The zero-order chi connectivity index (χ0) is 14.0. The summed E-state index contributed by atoms with van der Waals surface area (Å²) in [5, 5.41) is 9.25. The van der Waals surface area contributed by atoms with E-state index in [-0.39, 0.29) is 21.2 Å². The summed E-state index contributed by atoms with van der Waals surface area (Å²) in [6.07, 6.45) is 1.29. The summed E-state index contributed by atoms with van der Waals surface area (Å²) < 4.78 is 13.3. The molecule has 0 spiro atoms. The molecule has 4 N–H and O–H groups in total. The van der Waals surface area contributed by atoms with Gasteiger partial charge < -0.3 is 15.8 Å². The molecule has 0 unspecified atom stereocenters. The summed E-state index contributed by atoms with van der Waals surface area (Å²) in [6, 6.07) is 3.55. The van der Waals surface area contributed by atoms with Crippen molar-refractivity contribution in [2.24, 2.45) is 0 Å². The van der Waals surface area contributed by atoms with Crippen molar-refractivity contribution in [1.82, 2.24) is 9.97 Å². The van der Waals surface area contributed by atoms with Gasteiger partial charge in [0.25, 0.3) is 5.56 Å². The van der Waals surface area contributed by atoms with Crippen molar-refractivity contribution < 1.29 is 14.3 Å². The average molecular weight is 281 g/mol. The number of benzene rings is 1. The number of carboxylic acids is 1. The Morgan fingerprint density at radius 2 is 2.16 bits per heavy atom. The second-order valence-electron chi connectivity index (χ2n) is 3.48. The van der Waals surface area contributed by atoms with Crippen molar-refractivity contribution in [3.05, 3.63) is 46.1 Å². The molecule has 0 radical (unpaired) electrons. The quantitative estimate of drug-likeness (QED) is 0.578. The normalized spacial score (nSPS) is 10.4. The van der Waals surface area contributed by atoms with Crippen molar-refractivity contribution in [2.45, 2.75) is 10.1 Å². The number of nitrogens with two attached hydrogens (primary N) is 1. The molecule has 8 heteroatoms. The Labute approximate surface area is 110 Å². The average Bonchev–Trinajstić information content (AvgIpc) is 2.33. The van der Waals surface area contributed by atoms with Crippen molar-refractivity contribution >= 4 is 23.4 Å². The van der Waals surface area contributed by atoms with Crippen molar-refractivity contribution in [2.75, 3.05) is 5.73 Å². The Hall–Kier alpha value is -2.35. The lowest BCUT2D eigenvalue weighted by molar-refractivity contribution is 0.0694. The molecule has 0 saturated heterocycles. The van der Waals surface area contributed by atoms with E-state index in [2.05, 4.69) is 9.97 Å². The first-order chi connectivity index (χ1) is 8.99. The number of H-pyrrole nitrogens is 1. The molecule has 0 aliphatic rings. The van der Waals surface area contributed by atoms with E-state index in [1.807, 2.05) is 0 Å². The molecule has 1 aromatic heterocycles. The molecule has 1 aromatic carbocycles. The van der Waals surface area contributed by atoms with E-state index in [0.717, 1.165) is 17.8 Å². The number of aromatic carboxylic acids is 1. The predicted octanol–water partition coefficient (Wildman–Crippen LogP) is 1.34. The zero-order valence-electron chi connectivity index (χ0n) is 9.38. The monoisotopic (exact) mass is 281 g/mol. The standard InChI is InChI=1S/C11H8FN3O3S/c12-5-1-2-6(8(9(5)13)10(17)18)19-11-14-4-3-7(16)15-11/h1-4H,13H2,(H,17,18)(H,14,15,16). The molecule has 2 aromatic rings. The van der Waals surface area contributed by atoms with Crippen LogP contribution >= 0.6 is 11.8 Å². The van der Waals surface area contributed by atoms with Crippen molar-refractivity contribution in [1.29, 1.82) is 0 Å². The van der Waals surface area contributed by atoms with Crippen LogP contribution in [0.3, 0.4) is 0 Å². The van der Waals surface area contributed by atoms with Crippen LogP contribution < -0.4 is 11.3 Å². The first-order valence-electron chi connectivity index (χ1n) is 5.03. The van der Waals surface area contributed by atoms with Gasteiger partial charge in [-0.05, 0) is 12.1 Å². The van der Waals surface area contributed by atoms with Gasteiger partial charge in [-0.2, -0.15) is 0 Å². The number of aromatic nitrogens is 2. The molecule has 19 heavy (non-hydrogen) atoms. The fourth-order valence-corrected chi connectivity index (χ4v) is 2.30. The summed E-state index contributed by atoms with van der Waals surface area (Å²) in [4.78, 5) is 28.7. The van der Waals surface area contributed by atoms with Gasteiger partial charge in [0.2, 0.25) is 0 Å². The van der Waals surface area contributed by atoms with Crippen LogP contribution in [0.15, 0.2) is 39.2 Å². The number of hydrogen-bond acceptors (Lipinski definition) is 5. The third-order valence-electron chi connectivity index (χ3n) is 2.22. The minimum atomic E-state index is -1.35. The second kappa shape index (κ2) is 5.11. The summed E-state index contributed by atoms with van der Waals surface area (Å²) in [7, 11) is 0. The molecule has 2 rings (SSSR count). The van der Waals surface area contributed by atoms with E-state index >= 15 is 0 Å². The van der Waals surface area contributed by atoms with Gasteiger partial charge in [-0.25, -0.2) is 14.2 Å². The number of halogens is 1. The van der Waals surface area contributed by atoms with E-state index in [9.17, 15) is 14.0 Å². The summed E-state index contributed by atoms with van der Waals surface area (Å²) in [5.41, 5.74) is 4.24. The maximum absolute atomic E-state index is 13.3. The third kappa shape index (κ3) is 2.74. The number of carboxylic acid groups (broad SMARTS) is 1. The van der Waals surface area contributed by atoms with Crippen molar-refractivity contribution in [3.63, 3.8) is 0 Å². The van der Waals surface area contributed by atoms with Crippen LogP contribution in [-0.2, 0) is 0 Å². The maximum atomic E-state index is 13.3. The number of carbonyl (C=O) groups is 1. The number of rotatable bonds is 3. The fraction of sp³-hybridized carbons (Fsp3) is 0. The summed E-state index contributed by atoms with van der Waals surface area (Å²) in [6.45, 7) is 0. The largest absolute Gasteiger partial charge is 0.478 e. The van der Waals surface area contributed by atoms with Crippen molar-refractivity contribution in [3.8, 4) is 0 Å². The van der Waals surface area contributed by atoms with E-state index in [1.54, 1.807) is 0 Å². The van der Waals surface area contributed by atoms with Crippen LogP contribution in [0.5, 0.6) is 0 Å². The Morgan fingerprint density at radius 3 is 2.79 bits per heavy atom. The summed E-state index contributed by atoms with van der Waals surface area (Å²) >= 11 is 0.885. The first kappa shape index (κ1) is 13.1. The van der Waals surface area contributed by atoms with Gasteiger partial charge in [0, 0.05) is 17.2 Å². The molecule has 0 atom stereocenters. The minimum absolute atomic E-state index is 0.195. The van der Waals surface area contributed by atoms with E-state index in [1.165, 1.54) is 18.3 Å². The topological polar surface area (TPSA) is 109 Å². The Bertz CT molecular complexity index is 702. The third-order valence-corrected chi connectivity index (χ3v) is 3.18. The summed E-state index contributed by atoms with van der Waals surface area (Å²) in [5.74, 6) is -2.16. The highest BCUT2D eigenvalue weighted by atomic mass is 32.2. The van der Waals surface area contributed by atoms with Crippen LogP contribution in [0.25, 0.3) is 0 Å². The Kier molecular flexibility index (Phi) is 3.52. The lowest BCUT2D eigenvalue weighted by atomic mass is 10.2. The number of hydrogen-bond donors (Lipinski definition) is 3. The van der Waals surface area contributed by atoms with Crippen LogP contribution in [0.4, 0.5) is 10.1 Å². The highest BCUT2D eigenvalue weighted by Crippen LogP contribution is 2.32. The Balaban J connectivity index is 2.49. The predicted molar refractivity (Wildman–Crippen MR) is 66.8 cm³/mol.